The van der Waals surface area contributed by atoms with E-state index in [0.717, 1.165) is 38.5 Å². The summed E-state index contributed by atoms with van der Waals surface area (Å²) < 4.78 is 11.2. The Morgan fingerprint density at radius 2 is 0.682 bits per heavy atom. The zero-order valence-corrected chi connectivity index (χ0v) is 56.1. The van der Waals surface area contributed by atoms with Crippen LogP contribution in [-0.2, 0) is 14.3 Å². The van der Waals surface area contributed by atoms with Gasteiger partial charge in [0.25, 0.3) is 0 Å². The molecule has 506 valence electrons. The number of hydrogen-bond donors (Lipinski definition) is 8. The Kier molecular flexibility index (Phi) is 60.7. The smallest absolute Gasteiger partial charge is 0.249 e. The summed E-state index contributed by atoms with van der Waals surface area (Å²) in [5.41, 5.74) is 0. The average Bonchev–Trinajstić information content (AvgIpc) is 3.51. The van der Waals surface area contributed by atoms with E-state index in [-0.39, 0.29) is 6.42 Å². The van der Waals surface area contributed by atoms with E-state index in [1.807, 2.05) is 0 Å². The number of ether oxygens (including phenoxy) is 2. The van der Waals surface area contributed by atoms with Crippen LogP contribution in [0.15, 0.2) is 12.2 Å². The highest BCUT2D eigenvalue weighted by Gasteiger charge is 2.44. The molecule has 9 atom stereocenters. The van der Waals surface area contributed by atoms with E-state index in [0.29, 0.717) is 19.3 Å². The van der Waals surface area contributed by atoms with Crippen LogP contribution in [0.1, 0.15) is 386 Å². The lowest BCUT2D eigenvalue weighted by Crippen LogP contribution is -2.60. The first-order valence-electron chi connectivity index (χ1n) is 37.6. The lowest BCUT2D eigenvalue weighted by Gasteiger charge is -2.40. The molecule has 0 bridgehead atoms. The van der Waals surface area contributed by atoms with Gasteiger partial charge >= 0.3 is 0 Å². The summed E-state index contributed by atoms with van der Waals surface area (Å²) in [5, 5.41) is 76.7. The van der Waals surface area contributed by atoms with Gasteiger partial charge in [0.15, 0.2) is 6.29 Å². The number of hydrogen-bond acceptors (Lipinski definition) is 10. The Morgan fingerprint density at radius 1 is 0.400 bits per heavy atom. The molecule has 1 rings (SSSR count). The second kappa shape index (κ2) is 63.0. The van der Waals surface area contributed by atoms with Crippen LogP contribution >= 0.6 is 0 Å². The summed E-state index contributed by atoms with van der Waals surface area (Å²) >= 11 is 0. The number of carbonyl (C=O) groups is 1. The van der Waals surface area contributed by atoms with Crippen molar-refractivity contribution in [1.29, 1.82) is 0 Å². The molecule has 0 aliphatic carbocycles. The summed E-state index contributed by atoms with van der Waals surface area (Å²) in [7, 11) is 0. The molecular formula is C74H145NO10. The number of nitrogens with one attached hydrogen (secondary N) is 1. The van der Waals surface area contributed by atoms with Crippen molar-refractivity contribution >= 4 is 5.91 Å². The molecule has 1 amide bonds. The van der Waals surface area contributed by atoms with Gasteiger partial charge in [0.05, 0.1) is 25.4 Å². The number of allylic oxidation sites excluding steroid dienone is 2. The normalized spacial score (nSPS) is 18.8. The number of amides is 1. The van der Waals surface area contributed by atoms with Gasteiger partial charge in [-0.2, -0.15) is 0 Å². The molecule has 11 nitrogen and oxygen atoms in total. The highest BCUT2D eigenvalue weighted by molar-refractivity contribution is 5.80. The molecule has 0 aromatic carbocycles. The van der Waals surface area contributed by atoms with Gasteiger partial charge in [0, 0.05) is 0 Å². The highest BCUT2D eigenvalue weighted by atomic mass is 16.7. The predicted molar refractivity (Wildman–Crippen MR) is 358 cm³/mol. The Bertz CT molecular complexity index is 1390. The third kappa shape index (κ3) is 50.2. The minimum Gasteiger partial charge on any atom is -0.394 e. The van der Waals surface area contributed by atoms with Crippen LogP contribution in [0.4, 0.5) is 0 Å². The predicted octanol–water partition coefficient (Wildman–Crippen LogP) is 18.6. The van der Waals surface area contributed by atoms with E-state index in [1.165, 1.54) is 308 Å². The van der Waals surface area contributed by atoms with E-state index in [1.54, 1.807) is 0 Å². The van der Waals surface area contributed by atoms with Gasteiger partial charge in [-0.15, -0.1) is 0 Å². The second-order valence-electron chi connectivity index (χ2n) is 26.7. The molecular weight excluding hydrogens is 1060 g/mol. The molecule has 85 heavy (non-hydrogen) atoms. The van der Waals surface area contributed by atoms with Gasteiger partial charge < -0.3 is 50.5 Å². The molecule has 8 N–H and O–H groups in total. The minimum atomic E-state index is -1.66. The van der Waals surface area contributed by atoms with Gasteiger partial charge in [-0.25, -0.2) is 0 Å². The number of rotatable bonds is 67. The maximum atomic E-state index is 13.3. The Morgan fingerprint density at radius 3 is 0.988 bits per heavy atom. The largest absolute Gasteiger partial charge is 0.394 e. The zero-order chi connectivity index (χ0) is 61.7. The summed E-state index contributed by atoms with van der Waals surface area (Å²) in [5.74, 6) is -0.688. The first-order chi connectivity index (χ1) is 41.7. The summed E-state index contributed by atoms with van der Waals surface area (Å²) in [6, 6.07) is -1.17. The second-order valence-corrected chi connectivity index (χ2v) is 26.7. The van der Waals surface area contributed by atoms with Crippen LogP contribution in [0, 0.1) is 0 Å². The molecule has 0 aromatic rings. The molecule has 0 spiro atoms. The highest BCUT2D eigenvalue weighted by Crippen LogP contribution is 2.24. The topological polar surface area (TPSA) is 189 Å². The standard InChI is InChI=1S/C74H145NO10/c1-3-5-7-9-11-13-15-17-19-21-23-25-27-29-31-32-33-34-35-36-38-40-42-44-46-48-50-52-54-56-58-60-62-67(78)73(83)75-65(64-84-74-72(82)71(81)70(80)68(63-76)85-74)69(79)66(77)61-59-57-55-53-51-49-47-45-43-41-39-37-30-28-26-24-22-20-18-16-14-12-10-8-6-4-2/h29,31,65-72,74,76-82H,3-28,30,32-64H2,1-2H3,(H,75,83)/b31-29-. The molecule has 1 aliphatic heterocycles. The molecule has 1 fully saturated rings. The van der Waals surface area contributed by atoms with Crippen molar-refractivity contribution in [3.63, 3.8) is 0 Å². The molecule has 0 aromatic heterocycles. The molecule has 1 heterocycles. The first-order valence-corrected chi connectivity index (χ1v) is 37.6. The number of aliphatic hydroxyl groups excluding tert-OH is 7. The van der Waals surface area contributed by atoms with Crippen LogP contribution in [-0.4, -0.2) is 110 Å². The third-order valence-corrected chi connectivity index (χ3v) is 18.6. The van der Waals surface area contributed by atoms with Crippen molar-refractivity contribution < 1.29 is 50.0 Å². The third-order valence-electron chi connectivity index (χ3n) is 18.6. The monoisotopic (exact) mass is 1210 g/mol. The van der Waals surface area contributed by atoms with Gasteiger partial charge in [-0.05, 0) is 38.5 Å². The molecule has 0 radical (unpaired) electrons. The summed E-state index contributed by atoms with van der Waals surface area (Å²) in [4.78, 5) is 13.3. The molecule has 1 aliphatic rings. The fourth-order valence-corrected chi connectivity index (χ4v) is 12.6. The molecule has 11 heteroatoms. The van der Waals surface area contributed by atoms with E-state index in [2.05, 4.69) is 31.3 Å². The number of unbranched alkanes of at least 4 members (excludes halogenated alkanes) is 53. The Balaban J connectivity index is 2.15. The van der Waals surface area contributed by atoms with E-state index in [9.17, 15) is 40.5 Å². The van der Waals surface area contributed by atoms with Gasteiger partial charge in [0.2, 0.25) is 5.91 Å². The summed E-state index contributed by atoms with van der Waals surface area (Å²) in [6.45, 7) is 3.53. The van der Waals surface area contributed by atoms with Crippen molar-refractivity contribution in [3.8, 4) is 0 Å². The Labute approximate surface area is 525 Å². The maximum Gasteiger partial charge on any atom is 0.249 e. The molecule has 9 unspecified atom stereocenters. The van der Waals surface area contributed by atoms with E-state index < -0.39 is 74.2 Å². The van der Waals surface area contributed by atoms with Crippen LogP contribution in [0.3, 0.4) is 0 Å². The molecule has 0 saturated carbocycles. The SMILES string of the molecule is CCCCCCCCCCCCCC/C=C\CCCCCCCCCCCCCCCCCCC(O)C(=O)NC(COC1OC(CO)C(O)C(O)C1O)C(O)C(O)CCCCCCCCCCCCCCCCCCCCCCCCCCCC. The van der Waals surface area contributed by atoms with Gasteiger partial charge in [0.1, 0.15) is 36.6 Å². The van der Waals surface area contributed by atoms with E-state index >= 15 is 0 Å². The zero-order valence-electron chi connectivity index (χ0n) is 56.1. The van der Waals surface area contributed by atoms with Crippen LogP contribution in [0.2, 0.25) is 0 Å². The lowest BCUT2D eigenvalue weighted by molar-refractivity contribution is -0.303. The number of aliphatic hydroxyl groups is 7. The number of carbonyl (C=O) groups excluding carboxylic acids is 1. The first kappa shape index (κ1) is 81.9. The van der Waals surface area contributed by atoms with Crippen LogP contribution in [0.25, 0.3) is 0 Å². The van der Waals surface area contributed by atoms with Crippen molar-refractivity contribution in [3.05, 3.63) is 12.2 Å². The Hall–Kier alpha value is -1.15. The van der Waals surface area contributed by atoms with Gasteiger partial charge in [-0.1, -0.05) is 360 Å². The quantitative estimate of drug-likeness (QED) is 0.0215. The lowest BCUT2D eigenvalue weighted by atomic mass is 9.98. The van der Waals surface area contributed by atoms with Crippen molar-refractivity contribution in [1.82, 2.24) is 5.32 Å². The fraction of sp³-hybridized carbons (Fsp3) is 0.959. The summed E-state index contributed by atoms with van der Waals surface area (Å²) in [6.07, 6.45) is 67.3. The van der Waals surface area contributed by atoms with Crippen molar-refractivity contribution in [2.45, 2.75) is 441 Å². The average molecular weight is 1210 g/mol. The fourth-order valence-electron chi connectivity index (χ4n) is 12.6. The van der Waals surface area contributed by atoms with Gasteiger partial charge in [-0.3, -0.25) is 4.79 Å². The van der Waals surface area contributed by atoms with Crippen molar-refractivity contribution in [2.24, 2.45) is 0 Å². The van der Waals surface area contributed by atoms with Crippen LogP contribution in [0.5, 0.6) is 0 Å². The van der Waals surface area contributed by atoms with Crippen molar-refractivity contribution in [2.75, 3.05) is 13.2 Å². The van der Waals surface area contributed by atoms with Crippen LogP contribution < -0.4 is 5.32 Å². The van der Waals surface area contributed by atoms with E-state index in [4.69, 9.17) is 9.47 Å². The minimum absolute atomic E-state index is 0.265. The maximum absolute atomic E-state index is 13.3. The molecule has 1 saturated heterocycles.